The Bertz CT molecular complexity index is 930. The van der Waals surface area contributed by atoms with Gasteiger partial charge in [0.15, 0.2) is 5.82 Å². The SMILES string of the molecule is O=C(NCc1ccccc1)N1CCCCC1c1noc(COCc2ccccc2)n1. The number of amides is 2. The Hall–Kier alpha value is -3.19. The van der Waals surface area contributed by atoms with Crippen molar-refractivity contribution < 1.29 is 14.1 Å². The number of urea groups is 1. The second-order valence-electron chi connectivity index (χ2n) is 7.37. The molecule has 0 aliphatic carbocycles. The van der Waals surface area contributed by atoms with Gasteiger partial charge in [-0.25, -0.2) is 4.79 Å². The first kappa shape index (κ1) is 20.1. The summed E-state index contributed by atoms with van der Waals surface area (Å²) in [7, 11) is 0. The third-order valence-electron chi connectivity index (χ3n) is 5.17. The lowest BCUT2D eigenvalue weighted by molar-refractivity contribution is 0.0850. The first-order chi connectivity index (χ1) is 14.8. The van der Waals surface area contributed by atoms with Crippen molar-refractivity contribution in [3.8, 4) is 0 Å². The van der Waals surface area contributed by atoms with Gasteiger partial charge in [-0.2, -0.15) is 4.98 Å². The minimum Gasteiger partial charge on any atom is -0.367 e. The number of carbonyl (C=O) groups is 1. The maximum Gasteiger partial charge on any atom is 0.318 e. The number of aromatic nitrogens is 2. The zero-order chi connectivity index (χ0) is 20.6. The van der Waals surface area contributed by atoms with E-state index in [0.717, 1.165) is 30.4 Å². The summed E-state index contributed by atoms with van der Waals surface area (Å²) < 4.78 is 11.0. The van der Waals surface area contributed by atoms with Crippen molar-refractivity contribution in [2.45, 2.75) is 45.1 Å². The molecule has 0 saturated carbocycles. The van der Waals surface area contributed by atoms with Crippen molar-refractivity contribution in [3.05, 3.63) is 83.5 Å². The van der Waals surface area contributed by atoms with E-state index in [2.05, 4.69) is 15.5 Å². The lowest BCUT2D eigenvalue weighted by Crippen LogP contribution is -2.44. The van der Waals surface area contributed by atoms with Gasteiger partial charge in [0.1, 0.15) is 6.61 Å². The summed E-state index contributed by atoms with van der Waals surface area (Å²) in [5, 5.41) is 7.13. The average Bonchev–Trinajstić information content (AvgIpc) is 3.28. The van der Waals surface area contributed by atoms with Gasteiger partial charge in [-0.05, 0) is 30.4 Å². The Balaban J connectivity index is 1.33. The van der Waals surface area contributed by atoms with Crippen LogP contribution < -0.4 is 5.32 Å². The molecule has 2 amide bonds. The molecule has 1 aromatic heterocycles. The predicted octanol–water partition coefficient (Wildman–Crippen LogP) is 4.22. The molecule has 7 heteroatoms. The van der Waals surface area contributed by atoms with Crippen molar-refractivity contribution in [2.75, 3.05) is 6.54 Å². The van der Waals surface area contributed by atoms with Gasteiger partial charge in [0.25, 0.3) is 5.89 Å². The fourth-order valence-corrected chi connectivity index (χ4v) is 3.61. The molecule has 1 fully saturated rings. The van der Waals surface area contributed by atoms with Crippen molar-refractivity contribution in [1.82, 2.24) is 20.4 Å². The Labute approximate surface area is 176 Å². The van der Waals surface area contributed by atoms with Crippen molar-refractivity contribution in [3.63, 3.8) is 0 Å². The van der Waals surface area contributed by atoms with Gasteiger partial charge >= 0.3 is 6.03 Å². The fraction of sp³-hybridized carbons (Fsp3) is 0.348. The van der Waals surface area contributed by atoms with E-state index in [4.69, 9.17) is 9.26 Å². The number of nitrogens with one attached hydrogen (secondary N) is 1. The summed E-state index contributed by atoms with van der Waals surface area (Å²) in [4.78, 5) is 19.1. The molecule has 2 heterocycles. The molecule has 7 nitrogen and oxygen atoms in total. The van der Waals surface area contributed by atoms with Gasteiger partial charge in [-0.15, -0.1) is 0 Å². The molecule has 1 unspecified atom stereocenters. The molecule has 30 heavy (non-hydrogen) atoms. The first-order valence-electron chi connectivity index (χ1n) is 10.3. The molecule has 1 saturated heterocycles. The highest BCUT2D eigenvalue weighted by Gasteiger charge is 2.31. The summed E-state index contributed by atoms with van der Waals surface area (Å²) in [6, 6.07) is 19.5. The van der Waals surface area contributed by atoms with E-state index >= 15 is 0 Å². The first-order valence-corrected chi connectivity index (χ1v) is 10.3. The van der Waals surface area contributed by atoms with E-state index in [1.54, 1.807) is 0 Å². The van der Waals surface area contributed by atoms with Crippen molar-refractivity contribution in [1.29, 1.82) is 0 Å². The van der Waals surface area contributed by atoms with Gasteiger partial charge in [0.05, 0.1) is 12.6 Å². The zero-order valence-corrected chi connectivity index (χ0v) is 16.9. The van der Waals surface area contributed by atoms with E-state index in [0.29, 0.717) is 31.4 Å². The number of rotatable bonds is 7. The monoisotopic (exact) mass is 406 g/mol. The summed E-state index contributed by atoms with van der Waals surface area (Å²) in [6.45, 7) is 1.90. The van der Waals surface area contributed by atoms with Crippen LogP contribution in [0.1, 0.15) is 48.1 Å². The van der Waals surface area contributed by atoms with E-state index in [9.17, 15) is 4.79 Å². The number of nitrogens with zero attached hydrogens (tertiary/aromatic N) is 3. The summed E-state index contributed by atoms with van der Waals surface area (Å²) >= 11 is 0. The minimum atomic E-state index is -0.179. The number of benzene rings is 2. The van der Waals surface area contributed by atoms with Crippen molar-refractivity contribution >= 4 is 6.03 Å². The smallest absolute Gasteiger partial charge is 0.318 e. The van der Waals surface area contributed by atoms with Crippen LogP contribution in [0.15, 0.2) is 65.2 Å². The summed E-state index contributed by atoms with van der Waals surface area (Å²) in [6.07, 6.45) is 2.82. The maximum atomic E-state index is 12.8. The van der Waals surface area contributed by atoms with E-state index in [1.165, 1.54) is 0 Å². The third kappa shape index (κ3) is 5.24. The topological polar surface area (TPSA) is 80.5 Å². The lowest BCUT2D eigenvalue weighted by atomic mass is 10.0. The maximum absolute atomic E-state index is 12.8. The van der Waals surface area contributed by atoms with Gasteiger partial charge in [-0.1, -0.05) is 65.8 Å². The largest absolute Gasteiger partial charge is 0.367 e. The molecule has 1 aliphatic rings. The molecule has 1 aliphatic heterocycles. The molecule has 1 N–H and O–H groups in total. The molecular formula is C23H26N4O3. The molecule has 3 aromatic rings. The van der Waals surface area contributed by atoms with E-state index in [-0.39, 0.29) is 18.7 Å². The Kier molecular flexibility index (Phi) is 6.72. The van der Waals surface area contributed by atoms with Crippen LogP contribution in [0.25, 0.3) is 0 Å². The minimum absolute atomic E-state index is 0.102. The van der Waals surface area contributed by atoms with Crippen LogP contribution in [0.4, 0.5) is 4.79 Å². The highest BCUT2D eigenvalue weighted by molar-refractivity contribution is 5.74. The van der Waals surface area contributed by atoms with Gasteiger partial charge in [-0.3, -0.25) is 0 Å². The molecule has 4 rings (SSSR count). The van der Waals surface area contributed by atoms with E-state index < -0.39 is 0 Å². The predicted molar refractivity (Wildman–Crippen MR) is 111 cm³/mol. The Morgan fingerprint density at radius 2 is 1.77 bits per heavy atom. The van der Waals surface area contributed by atoms with E-state index in [1.807, 2.05) is 65.6 Å². The standard InChI is InChI=1S/C23H26N4O3/c28-23(24-15-18-9-3-1-4-10-18)27-14-8-7-13-20(27)22-25-21(30-26-22)17-29-16-19-11-5-2-6-12-19/h1-6,9-12,20H,7-8,13-17H2,(H,24,28). The molecule has 1 atom stereocenters. The highest BCUT2D eigenvalue weighted by Crippen LogP contribution is 2.29. The molecule has 156 valence electrons. The second kappa shape index (κ2) is 10.0. The van der Waals surface area contributed by atoms with Crippen LogP contribution in [0, 0.1) is 0 Å². The van der Waals surface area contributed by atoms with Gasteiger partial charge in [0, 0.05) is 13.1 Å². The van der Waals surface area contributed by atoms with Crippen LogP contribution in [-0.2, 0) is 24.5 Å². The normalized spacial score (nSPS) is 16.4. The second-order valence-corrected chi connectivity index (χ2v) is 7.37. The number of carbonyl (C=O) groups excluding carboxylic acids is 1. The molecular weight excluding hydrogens is 380 g/mol. The van der Waals surface area contributed by atoms with Crippen LogP contribution in [0.5, 0.6) is 0 Å². The number of hydrogen-bond donors (Lipinski definition) is 1. The highest BCUT2D eigenvalue weighted by atomic mass is 16.5. The number of hydrogen-bond acceptors (Lipinski definition) is 5. The Morgan fingerprint density at radius 3 is 2.53 bits per heavy atom. The third-order valence-corrected chi connectivity index (χ3v) is 5.17. The number of piperidine rings is 1. The zero-order valence-electron chi connectivity index (χ0n) is 16.9. The summed E-state index contributed by atoms with van der Waals surface area (Å²) in [5.74, 6) is 0.971. The quantitative estimate of drug-likeness (QED) is 0.635. The van der Waals surface area contributed by atoms with Gasteiger partial charge < -0.3 is 19.5 Å². The molecule has 0 radical (unpaired) electrons. The summed E-state index contributed by atoms with van der Waals surface area (Å²) in [5.41, 5.74) is 2.16. The fourth-order valence-electron chi connectivity index (χ4n) is 3.61. The Morgan fingerprint density at radius 1 is 1.03 bits per heavy atom. The molecule has 0 bridgehead atoms. The van der Waals surface area contributed by atoms with Crippen LogP contribution >= 0.6 is 0 Å². The van der Waals surface area contributed by atoms with Crippen LogP contribution in [0.3, 0.4) is 0 Å². The van der Waals surface area contributed by atoms with Crippen molar-refractivity contribution in [2.24, 2.45) is 0 Å². The molecule has 0 spiro atoms. The van der Waals surface area contributed by atoms with Crippen LogP contribution in [-0.4, -0.2) is 27.6 Å². The molecule has 2 aromatic carbocycles. The lowest BCUT2D eigenvalue weighted by Gasteiger charge is -2.33. The van der Waals surface area contributed by atoms with Gasteiger partial charge in [0.2, 0.25) is 0 Å². The number of ether oxygens (including phenoxy) is 1. The number of likely N-dealkylation sites (tertiary alicyclic amines) is 1. The van der Waals surface area contributed by atoms with Crippen LogP contribution in [0.2, 0.25) is 0 Å². The average molecular weight is 406 g/mol.